The van der Waals surface area contributed by atoms with Gasteiger partial charge in [0.05, 0.1) is 6.04 Å². The fourth-order valence-electron chi connectivity index (χ4n) is 1.59. The summed E-state index contributed by atoms with van der Waals surface area (Å²) in [5.74, 6) is 1.51. The maximum Gasteiger partial charge on any atom is 0.145 e. The number of rotatable bonds is 4. The Balaban J connectivity index is 2.11. The van der Waals surface area contributed by atoms with Crippen LogP contribution in [0.1, 0.15) is 30.2 Å². The van der Waals surface area contributed by atoms with Crippen molar-refractivity contribution in [3.8, 4) is 0 Å². The molecule has 2 aromatic heterocycles. The molecule has 0 saturated carbocycles. The summed E-state index contributed by atoms with van der Waals surface area (Å²) in [4.78, 5) is 12.6. The first-order valence-corrected chi connectivity index (χ1v) is 5.61. The minimum absolute atomic E-state index is 0.245. The summed E-state index contributed by atoms with van der Waals surface area (Å²) >= 11 is 0. The lowest BCUT2D eigenvalue weighted by Gasteiger charge is -2.10. The van der Waals surface area contributed by atoms with E-state index in [0.29, 0.717) is 12.2 Å². The van der Waals surface area contributed by atoms with Crippen molar-refractivity contribution in [2.24, 2.45) is 5.73 Å². The van der Waals surface area contributed by atoms with Crippen molar-refractivity contribution in [3.05, 3.63) is 35.9 Å². The number of nitrogens with zero attached hydrogens (tertiary/aromatic N) is 5. The lowest BCUT2D eigenvalue weighted by atomic mass is 10.2. The van der Waals surface area contributed by atoms with E-state index in [1.807, 2.05) is 18.5 Å². The molecule has 0 radical (unpaired) electrons. The molecule has 0 aromatic carbocycles. The van der Waals surface area contributed by atoms with Crippen molar-refractivity contribution < 1.29 is 0 Å². The second-order valence-corrected chi connectivity index (χ2v) is 3.92. The van der Waals surface area contributed by atoms with Crippen LogP contribution in [0.15, 0.2) is 18.7 Å². The number of hydrogen-bond donors (Lipinski definition) is 1. The van der Waals surface area contributed by atoms with Gasteiger partial charge >= 0.3 is 0 Å². The number of nitrogens with two attached hydrogens (primary N) is 1. The molecular formula is C11H16N6. The molecule has 0 amide bonds. The van der Waals surface area contributed by atoms with Crippen LogP contribution in [0.5, 0.6) is 0 Å². The maximum absolute atomic E-state index is 6.05. The summed E-state index contributed by atoms with van der Waals surface area (Å²) in [5.41, 5.74) is 7.08. The number of hydrogen-bond acceptors (Lipinski definition) is 5. The minimum Gasteiger partial charge on any atom is -0.321 e. The molecule has 6 heteroatoms. The highest BCUT2D eigenvalue weighted by atomic mass is 15.3. The Bertz CT molecular complexity index is 475. The van der Waals surface area contributed by atoms with Gasteiger partial charge in [-0.1, -0.05) is 0 Å². The van der Waals surface area contributed by atoms with Crippen molar-refractivity contribution in [2.75, 3.05) is 0 Å². The summed E-state index contributed by atoms with van der Waals surface area (Å²) in [5, 5.41) is 4.10. The van der Waals surface area contributed by atoms with Crippen molar-refractivity contribution in [2.45, 2.75) is 32.9 Å². The van der Waals surface area contributed by atoms with Gasteiger partial charge in [-0.25, -0.2) is 15.0 Å². The van der Waals surface area contributed by atoms with E-state index in [2.05, 4.69) is 20.1 Å². The molecule has 0 aliphatic rings. The molecule has 0 bridgehead atoms. The van der Waals surface area contributed by atoms with Crippen LogP contribution in [0.4, 0.5) is 0 Å². The van der Waals surface area contributed by atoms with E-state index in [0.717, 1.165) is 17.9 Å². The van der Waals surface area contributed by atoms with Gasteiger partial charge in [-0.2, -0.15) is 5.10 Å². The molecule has 17 heavy (non-hydrogen) atoms. The fourth-order valence-corrected chi connectivity index (χ4v) is 1.59. The van der Waals surface area contributed by atoms with Crippen LogP contribution in [0.25, 0.3) is 0 Å². The maximum atomic E-state index is 6.05. The van der Waals surface area contributed by atoms with Gasteiger partial charge in [0.1, 0.15) is 18.0 Å². The Labute approximate surface area is 99.9 Å². The smallest absolute Gasteiger partial charge is 0.145 e. The topological polar surface area (TPSA) is 82.5 Å². The van der Waals surface area contributed by atoms with Gasteiger partial charge in [0, 0.05) is 25.4 Å². The van der Waals surface area contributed by atoms with Crippen LogP contribution in [0.3, 0.4) is 0 Å². The normalized spacial score (nSPS) is 12.6. The Morgan fingerprint density at radius 2 is 2.00 bits per heavy atom. The number of aromatic nitrogens is 5. The first-order chi connectivity index (χ1) is 8.20. The average molecular weight is 232 g/mol. The zero-order valence-corrected chi connectivity index (χ0v) is 10.0. The Morgan fingerprint density at radius 1 is 1.29 bits per heavy atom. The minimum atomic E-state index is -0.245. The van der Waals surface area contributed by atoms with E-state index in [-0.39, 0.29) is 6.04 Å². The third-order valence-corrected chi connectivity index (χ3v) is 2.53. The zero-order chi connectivity index (χ0) is 12.3. The number of aryl methyl sites for hydroxylation is 2. The van der Waals surface area contributed by atoms with E-state index >= 15 is 0 Å². The summed E-state index contributed by atoms with van der Waals surface area (Å²) in [6.45, 7) is 4.76. The van der Waals surface area contributed by atoms with Crippen molar-refractivity contribution >= 4 is 0 Å². The van der Waals surface area contributed by atoms with Crippen LogP contribution < -0.4 is 5.73 Å². The van der Waals surface area contributed by atoms with Gasteiger partial charge < -0.3 is 5.73 Å². The van der Waals surface area contributed by atoms with Gasteiger partial charge in [0.25, 0.3) is 0 Å². The van der Waals surface area contributed by atoms with Crippen LogP contribution in [0.2, 0.25) is 0 Å². The fraction of sp³-hybridized carbons (Fsp3) is 0.455. The second-order valence-electron chi connectivity index (χ2n) is 3.92. The summed E-state index contributed by atoms with van der Waals surface area (Å²) in [6.07, 6.45) is 5.68. The largest absolute Gasteiger partial charge is 0.321 e. The molecular weight excluding hydrogens is 216 g/mol. The van der Waals surface area contributed by atoms with Gasteiger partial charge in [-0.05, 0) is 19.4 Å². The van der Waals surface area contributed by atoms with Crippen molar-refractivity contribution in [1.82, 2.24) is 24.7 Å². The molecule has 1 atom stereocenters. The monoisotopic (exact) mass is 232 g/mol. The van der Waals surface area contributed by atoms with Crippen molar-refractivity contribution in [3.63, 3.8) is 0 Å². The molecule has 90 valence electrons. The van der Waals surface area contributed by atoms with Crippen LogP contribution in [-0.4, -0.2) is 24.7 Å². The predicted octanol–water partition coefficient (Wildman–Crippen LogP) is 0.639. The zero-order valence-electron chi connectivity index (χ0n) is 10.0. The van der Waals surface area contributed by atoms with Gasteiger partial charge in [-0.15, -0.1) is 0 Å². The van der Waals surface area contributed by atoms with Gasteiger partial charge in [-0.3, -0.25) is 4.68 Å². The highest BCUT2D eigenvalue weighted by molar-refractivity contribution is 5.05. The first-order valence-electron chi connectivity index (χ1n) is 5.61. The summed E-state index contributed by atoms with van der Waals surface area (Å²) in [6, 6.07) is -0.245. The van der Waals surface area contributed by atoms with E-state index in [1.165, 1.54) is 0 Å². The third-order valence-electron chi connectivity index (χ3n) is 2.53. The Kier molecular flexibility index (Phi) is 3.43. The third kappa shape index (κ3) is 2.65. The molecule has 2 N–H and O–H groups in total. The lowest BCUT2D eigenvalue weighted by molar-refractivity contribution is 0.567. The summed E-state index contributed by atoms with van der Waals surface area (Å²) in [7, 11) is 0. The molecule has 0 fully saturated rings. The lowest BCUT2D eigenvalue weighted by Crippen LogP contribution is -2.19. The molecule has 0 aliphatic carbocycles. The van der Waals surface area contributed by atoms with E-state index in [9.17, 15) is 0 Å². The molecule has 2 heterocycles. The second kappa shape index (κ2) is 5.01. The van der Waals surface area contributed by atoms with Gasteiger partial charge in [0.15, 0.2) is 0 Å². The van der Waals surface area contributed by atoms with Crippen molar-refractivity contribution in [1.29, 1.82) is 0 Å². The average Bonchev–Trinajstić information content (AvgIpc) is 2.77. The Morgan fingerprint density at radius 3 is 2.65 bits per heavy atom. The first kappa shape index (κ1) is 11.7. The van der Waals surface area contributed by atoms with E-state index < -0.39 is 0 Å². The molecule has 2 aromatic rings. The highest BCUT2D eigenvalue weighted by Crippen LogP contribution is 2.10. The molecule has 0 spiro atoms. The SMILES string of the molecule is CCn1ncnc1CC(N)c1ncc(C)cn1. The van der Waals surface area contributed by atoms with Crippen LogP contribution >= 0.6 is 0 Å². The standard InChI is InChI=1S/C11H16N6/c1-3-17-10(15-7-16-17)4-9(12)11-13-5-8(2)6-14-11/h5-7,9H,3-4,12H2,1-2H3. The van der Waals surface area contributed by atoms with E-state index in [4.69, 9.17) is 5.73 Å². The predicted molar refractivity (Wildman–Crippen MR) is 63.1 cm³/mol. The molecule has 6 nitrogen and oxygen atoms in total. The molecule has 0 saturated heterocycles. The molecule has 2 rings (SSSR count). The van der Waals surface area contributed by atoms with Gasteiger partial charge in [0.2, 0.25) is 0 Å². The van der Waals surface area contributed by atoms with Crippen LogP contribution in [-0.2, 0) is 13.0 Å². The summed E-state index contributed by atoms with van der Waals surface area (Å²) < 4.78 is 1.83. The molecule has 0 aliphatic heterocycles. The van der Waals surface area contributed by atoms with E-state index in [1.54, 1.807) is 18.7 Å². The Hall–Kier alpha value is -1.82. The molecule has 1 unspecified atom stereocenters. The highest BCUT2D eigenvalue weighted by Gasteiger charge is 2.13. The quantitative estimate of drug-likeness (QED) is 0.836. The van der Waals surface area contributed by atoms with Crippen LogP contribution in [0, 0.1) is 6.92 Å².